The van der Waals surface area contributed by atoms with Crippen molar-refractivity contribution in [2.24, 2.45) is 0 Å². The zero-order valence-corrected chi connectivity index (χ0v) is 7.77. The molecule has 1 rings (SSSR count). The minimum Gasteiger partial charge on any atom is -0.327 e. The van der Waals surface area contributed by atoms with Crippen molar-refractivity contribution in [2.45, 2.75) is 13.8 Å². The highest BCUT2D eigenvalue weighted by molar-refractivity contribution is 6.33. The van der Waals surface area contributed by atoms with Crippen LogP contribution in [0.5, 0.6) is 0 Å². The SMILES string of the molecule is Cc1cc(C)c(NC=O)c(Cl)c1. The van der Waals surface area contributed by atoms with Gasteiger partial charge in [0.1, 0.15) is 0 Å². The van der Waals surface area contributed by atoms with Gasteiger partial charge in [0.2, 0.25) is 6.41 Å². The number of hydrogen-bond acceptors (Lipinski definition) is 1. The first-order chi connectivity index (χ1) is 5.65. The molecule has 0 unspecified atom stereocenters. The molecule has 0 saturated carbocycles. The Balaban J connectivity index is 3.18. The van der Waals surface area contributed by atoms with Crippen LogP contribution in [0.2, 0.25) is 5.02 Å². The summed E-state index contributed by atoms with van der Waals surface area (Å²) in [5.74, 6) is 0. The summed E-state index contributed by atoms with van der Waals surface area (Å²) in [6, 6.07) is 3.79. The van der Waals surface area contributed by atoms with Gasteiger partial charge in [0, 0.05) is 0 Å². The van der Waals surface area contributed by atoms with Crippen molar-refractivity contribution >= 4 is 23.7 Å². The molecule has 0 spiro atoms. The predicted molar refractivity (Wildman–Crippen MR) is 50.6 cm³/mol. The van der Waals surface area contributed by atoms with Crippen LogP contribution in [0.3, 0.4) is 0 Å². The van der Waals surface area contributed by atoms with Crippen LogP contribution in [0.1, 0.15) is 11.1 Å². The first-order valence-electron chi connectivity index (χ1n) is 3.62. The van der Waals surface area contributed by atoms with Gasteiger partial charge in [-0.25, -0.2) is 0 Å². The second-order valence-corrected chi connectivity index (χ2v) is 3.11. The minimum atomic E-state index is 0.583. The van der Waals surface area contributed by atoms with Gasteiger partial charge >= 0.3 is 0 Å². The topological polar surface area (TPSA) is 29.1 Å². The zero-order valence-electron chi connectivity index (χ0n) is 7.02. The van der Waals surface area contributed by atoms with Crippen molar-refractivity contribution in [1.29, 1.82) is 0 Å². The van der Waals surface area contributed by atoms with Crippen molar-refractivity contribution < 1.29 is 4.79 Å². The highest BCUT2D eigenvalue weighted by Gasteiger charge is 2.03. The molecule has 3 heteroatoms. The van der Waals surface area contributed by atoms with E-state index in [0.717, 1.165) is 11.1 Å². The minimum absolute atomic E-state index is 0.583. The van der Waals surface area contributed by atoms with E-state index in [1.54, 1.807) is 0 Å². The number of nitrogens with one attached hydrogen (secondary N) is 1. The molecule has 0 aliphatic rings. The Hall–Kier alpha value is -1.02. The molecule has 0 saturated heterocycles. The van der Waals surface area contributed by atoms with Crippen LogP contribution in [0.15, 0.2) is 12.1 Å². The van der Waals surface area contributed by atoms with Crippen LogP contribution in [0.4, 0.5) is 5.69 Å². The molecular formula is C9H10ClNO. The Morgan fingerprint density at radius 2 is 2.08 bits per heavy atom. The number of halogens is 1. The summed E-state index contributed by atoms with van der Waals surface area (Å²) in [7, 11) is 0. The van der Waals surface area contributed by atoms with E-state index in [1.807, 2.05) is 26.0 Å². The van der Waals surface area contributed by atoms with Crippen molar-refractivity contribution in [2.75, 3.05) is 5.32 Å². The number of hydrogen-bond donors (Lipinski definition) is 1. The summed E-state index contributed by atoms with van der Waals surface area (Å²) >= 11 is 5.89. The van der Waals surface area contributed by atoms with E-state index in [2.05, 4.69) is 5.32 Å². The maximum Gasteiger partial charge on any atom is 0.211 e. The predicted octanol–water partition coefficient (Wildman–Crippen LogP) is 2.53. The Labute approximate surface area is 76.5 Å². The number of amides is 1. The molecule has 1 N–H and O–H groups in total. The van der Waals surface area contributed by atoms with E-state index in [-0.39, 0.29) is 0 Å². The summed E-state index contributed by atoms with van der Waals surface area (Å²) in [5.41, 5.74) is 2.76. The fourth-order valence-electron chi connectivity index (χ4n) is 1.16. The van der Waals surface area contributed by atoms with Gasteiger partial charge in [0.15, 0.2) is 0 Å². The van der Waals surface area contributed by atoms with Crippen LogP contribution in [0, 0.1) is 13.8 Å². The summed E-state index contributed by atoms with van der Waals surface area (Å²) in [4.78, 5) is 10.2. The molecular weight excluding hydrogens is 174 g/mol. The highest BCUT2D eigenvalue weighted by atomic mass is 35.5. The lowest BCUT2D eigenvalue weighted by molar-refractivity contribution is -0.105. The number of anilines is 1. The molecule has 0 bridgehead atoms. The molecule has 2 nitrogen and oxygen atoms in total. The van der Waals surface area contributed by atoms with Crippen molar-refractivity contribution in [3.05, 3.63) is 28.3 Å². The molecule has 1 aromatic rings. The quantitative estimate of drug-likeness (QED) is 0.702. The normalized spacial score (nSPS) is 9.58. The zero-order chi connectivity index (χ0) is 9.14. The van der Waals surface area contributed by atoms with Gasteiger partial charge in [0.05, 0.1) is 10.7 Å². The van der Waals surface area contributed by atoms with Gasteiger partial charge in [-0.05, 0) is 31.0 Å². The maximum absolute atomic E-state index is 10.2. The number of carbonyl (C=O) groups is 1. The fourth-order valence-corrected chi connectivity index (χ4v) is 1.53. The van der Waals surface area contributed by atoms with Gasteiger partial charge in [-0.15, -0.1) is 0 Å². The molecule has 0 aromatic heterocycles. The van der Waals surface area contributed by atoms with Crippen LogP contribution in [0.25, 0.3) is 0 Å². The van der Waals surface area contributed by atoms with Gasteiger partial charge in [-0.1, -0.05) is 17.7 Å². The van der Waals surface area contributed by atoms with E-state index < -0.39 is 0 Å². The molecule has 1 aromatic carbocycles. The van der Waals surface area contributed by atoms with Gasteiger partial charge in [-0.2, -0.15) is 0 Å². The summed E-state index contributed by atoms with van der Waals surface area (Å²) in [6.45, 7) is 3.87. The lowest BCUT2D eigenvalue weighted by atomic mass is 10.1. The average Bonchev–Trinajstić information content (AvgIpc) is 1.96. The summed E-state index contributed by atoms with van der Waals surface area (Å²) in [5, 5.41) is 3.14. The Morgan fingerprint density at radius 1 is 1.42 bits per heavy atom. The molecule has 0 heterocycles. The lowest BCUT2D eigenvalue weighted by Crippen LogP contribution is -1.97. The number of rotatable bonds is 2. The maximum atomic E-state index is 10.2. The first kappa shape index (κ1) is 9.07. The van der Waals surface area contributed by atoms with Gasteiger partial charge in [-0.3, -0.25) is 4.79 Å². The van der Waals surface area contributed by atoms with E-state index >= 15 is 0 Å². The first-order valence-corrected chi connectivity index (χ1v) is 4.00. The third-order valence-corrected chi connectivity index (χ3v) is 1.93. The standard InChI is InChI=1S/C9H10ClNO/c1-6-3-7(2)9(11-5-12)8(10)4-6/h3-5H,1-2H3,(H,11,12). The molecule has 12 heavy (non-hydrogen) atoms. The van der Waals surface area contributed by atoms with E-state index in [9.17, 15) is 4.79 Å². The lowest BCUT2D eigenvalue weighted by Gasteiger charge is -2.07. The van der Waals surface area contributed by atoms with Gasteiger partial charge in [0.25, 0.3) is 0 Å². The highest BCUT2D eigenvalue weighted by Crippen LogP contribution is 2.26. The third kappa shape index (κ3) is 1.77. The molecule has 0 atom stereocenters. The van der Waals surface area contributed by atoms with Gasteiger partial charge < -0.3 is 5.32 Å². The second-order valence-electron chi connectivity index (χ2n) is 2.70. The molecule has 0 fully saturated rings. The Kier molecular flexibility index (Phi) is 2.71. The van der Waals surface area contributed by atoms with Crippen molar-refractivity contribution in [1.82, 2.24) is 0 Å². The Morgan fingerprint density at radius 3 is 2.58 bits per heavy atom. The van der Waals surface area contributed by atoms with Crippen LogP contribution in [-0.4, -0.2) is 6.41 Å². The summed E-state index contributed by atoms with van der Waals surface area (Å²) in [6.07, 6.45) is 0.629. The molecule has 0 aliphatic carbocycles. The Bertz CT molecular complexity index is 286. The average molecular weight is 184 g/mol. The number of carbonyl (C=O) groups excluding carboxylic acids is 1. The molecule has 0 radical (unpaired) electrons. The van der Waals surface area contributed by atoms with Crippen molar-refractivity contribution in [3.63, 3.8) is 0 Å². The number of benzene rings is 1. The smallest absolute Gasteiger partial charge is 0.211 e. The van der Waals surface area contributed by atoms with E-state index in [4.69, 9.17) is 11.6 Å². The largest absolute Gasteiger partial charge is 0.327 e. The molecule has 64 valence electrons. The van der Waals surface area contributed by atoms with Crippen LogP contribution < -0.4 is 5.32 Å². The number of aryl methyl sites for hydroxylation is 2. The fraction of sp³-hybridized carbons (Fsp3) is 0.222. The van der Waals surface area contributed by atoms with Crippen molar-refractivity contribution in [3.8, 4) is 0 Å². The summed E-state index contributed by atoms with van der Waals surface area (Å²) < 4.78 is 0. The van der Waals surface area contributed by atoms with Crippen LogP contribution in [-0.2, 0) is 4.79 Å². The molecule has 1 amide bonds. The second kappa shape index (κ2) is 3.59. The monoisotopic (exact) mass is 183 g/mol. The van der Waals surface area contributed by atoms with E-state index in [0.29, 0.717) is 17.1 Å². The third-order valence-electron chi connectivity index (χ3n) is 1.64. The van der Waals surface area contributed by atoms with E-state index in [1.165, 1.54) is 0 Å². The van der Waals surface area contributed by atoms with Crippen LogP contribution >= 0.6 is 11.6 Å². The molecule has 0 aliphatic heterocycles.